The number of carbonyl (C=O) groups is 1. The average molecular weight is 439 g/mol. The molecule has 154 valence electrons. The van der Waals surface area contributed by atoms with Crippen molar-refractivity contribution in [3.05, 3.63) is 35.9 Å². The van der Waals surface area contributed by atoms with Crippen molar-refractivity contribution >= 4 is 46.6 Å². The van der Waals surface area contributed by atoms with Crippen LogP contribution in [0.4, 0.5) is 0 Å². The number of hydrazine groups is 1. The van der Waals surface area contributed by atoms with Crippen LogP contribution < -0.4 is 10.1 Å². The highest BCUT2D eigenvalue weighted by Crippen LogP contribution is 2.20. The number of piperidine rings is 1. The molecule has 1 aromatic carbocycles. The molecule has 1 heterocycles. The van der Waals surface area contributed by atoms with Crippen molar-refractivity contribution in [2.75, 3.05) is 18.8 Å². The number of nitrogens with one attached hydrogen (secondary N) is 3. The molecule has 1 fully saturated rings. The Hall–Kier alpha value is -1.35. The first-order valence-corrected chi connectivity index (χ1v) is 10.3. The molecule has 2 rings (SSSR count). The van der Waals surface area contributed by atoms with Crippen LogP contribution in [0.1, 0.15) is 43.0 Å². The lowest BCUT2D eigenvalue weighted by Gasteiger charge is -2.32. The van der Waals surface area contributed by atoms with Gasteiger partial charge >= 0.3 is 0 Å². The zero-order valence-corrected chi connectivity index (χ0v) is 17.8. The molecule has 1 aromatic rings. The first-order valence-electron chi connectivity index (χ1n) is 8.61. The average Bonchev–Trinajstić information content (AvgIpc) is 2.60. The molecule has 0 bridgehead atoms. The Morgan fingerprint density at radius 3 is 2.33 bits per heavy atom. The molecule has 3 N–H and O–H groups in total. The number of rotatable bonds is 7. The van der Waals surface area contributed by atoms with Gasteiger partial charge < -0.3 is 0 Å². The van der Waals surface area contributed by atoms with E-state index in [2.05, 4.69) is 10.1 Å². The molecule has 0 aliphatic carbocycles. The van der Waals surface area contributed by atoms with Crippen molar-refractivity contribution in [1.29, 1.82) is 5.41 Å². The van der Waals surface area contributed by atoms with Gasteiger partial charge in [0, 0.05) is 24.6 Å². The maximum absolute atomic E-state index is 12.4. The molecule has 0 radical (unpaired) electrons. The summed E-state index contributed by atoms with van der Waals surface area (Å²) < 4.78 is 25.8. The van der Waals surface area contributed by atoms with E-state index in [0.29, 0.717) is 32.4 Å². The van der Waals surface area contributed by atoms with Gasteiger partial charge in [-0.3, -0.25) is 20.4 Å². The summed E-state index contributed by atoms with van der Waals surface area (Å²) >= 11 is 0. The molecule has 0 saturated carbocycles. The second-order valence-electron chi connectivity index (χ2n) is 6.25. The zero-order chi connectivity index (χ0) is 18.3. The number of unbranched alkanes of at least 4 members (excludes halogenated alkanes) is 1. The van der Waals surface area contributed by atoms with E-state index in [0.717, 1.165) is 12.0 Å². The normalized spacial score (nSPS) is 15.1. The minimum Gasteiger partial charge on any atom is -0.294 e. The molecule has 0 aromatic heterocycles. The van der Waals surface area contributed by atoms with Gasteiger partial charge in [0.1, 0.15) is 0 Å². The van der Waals surface area contributed by atoms with E-state index in [1.807, 2.05) is 37.3 Å². The first-order chi connectivity index (χ1) is 11.9. The van der Waals surface area contributed by atoms with E-state index >= 15 is 0 Å². The Morgan fingerprint density at radius 1 is 1.19 bits per heavy atom. The molecule has 7 nitrogen and oxygen atoms in total. The summed E-state index contributed by atoms with van der Waals surface area (Å²) in [7, 11) is -3.47. The van der Waals surface area contributed by atoms with Crippen LogP contribution in [0.2, 0.25) is 0 Å². The van der Waals surface area contributed by atoms with E-state index in [1.165, 1.54) is 0 Å². The molecule has 0 amide bonds. The fourth-order valence-corrected chi connectivity index (χ4v) is 3.94. The van der Waals surface area contributed by atoms with Gasteiger partial charge in [0.15, 0.2) is 5.78 Å². The van der Waals surface area contributed by atoms with Crippen LogP contribution in [0.25, 0.3) is 0 Å². The maximum Gasteiger partial charge on any atom is 0.235 e. The fourth-order valence-electron chi connectivity index (χ4n) is 2.81. The number of Topliss-reactive ketones (excluding diaryl/α,β-unsaturated/α-hetero) is 1. The lowest BCUT2D eigenvalue weighted by atomic mass is 9.89. The fraction of sp³-hybridized carbons (Fsp3) is 0.529. The summed E-state index contributed by atoms with van der Waals surface area (Å²) in [5.74, 6) is -0.114. The molecule has 1 saturated heterocycles. The number of sulfonamides is 1. The Kier molecular flexibility index (Phi) is 11.6. The van der Waals surface area contributed by atoms with Gasteiger partial charge in [-0.25, -0.2) is 13.4 Å². The molecule has 10 heteroatoms. The Labute approximate surface area is 173 Å². The molecule has 1 aliphatic rings. The highest BCUT2D eigenvalue weighted by Gasteiger charge is 2.26. The van der Waals surface area contributed by atoms with Crippen molar-refractivity contribution in [2.24, 2.45) is 5.92 Å². The number of benzene rings is 1. The number of hydrogen-bond donors (Lipinski definition) is 3. The molecular formula is C17H28Cl2N4O3S. The van der Waals surface area contributed by atoms with Crippen LogP contribution in [-0.2, 0) is 10.0 Å². The van der Waals surface area contributed by atoms with Gasteiger partial charge in [-0.2, -0.15) is 0 Å². The van der Waals surface area contributed by atoms with Gasteiger partial charge in [-0.05, 0) is 19.3 Å². The van der Waals surface area contributed by atoms with Crippen LogP contribution in [0.3, 0.4) is 0 Å². The summed E-state index contributed by atoms with van der Waals surface area (Å²) in [6, 6.07) is 9.25. The summed E-state index contributed by atoms with van der Waals surface area (Å²) in [6.07, 6.45) is 2.70. The minimum atomic E-state index is -3.47. The molecule has 1 aliphatic heterocycles. The number of halogens is 2. The topological polar surface area (TPSA) is 102 Å². The molecule has 0 spiro atoms. The van der Waals surface area contributed by atoms with E-state index < -0.39 is 10.0 Å². The smallest absolute Gasteiger partial charge is 0.235 e. The Bertz CT molecular complexity index is 693. The number of ketones is 1. The first kappa shape index (κ1) is 25.6. The van der Waals surface area contributed by atoms with Crippen molar-refractivity contribution in [2.45, 2.75) is 32.6 Å². The summed E-state index contributed by atoms with van der Waals surface area (Å²) in [5, 5.41) is 9.55. The largest absolute Gasteiger partial charge is 0.294 e. The monoisotopic (exact) mass is 438 g/mol. The molecular weight excluding hydrogens is 411 g/mol. The van der Waals surface area contributed by atoms with Crippen LogP contribution >= 0.6 is 24.8 Å². The quantitative estimate of drug-likeness (QED) is 0.344. The van der Waals surface area contributed by atoms with Gasteiger partial charge in [0.2, 0.25) is 16.0 Å². The lowest BCUT2D eigenvalue weighted by Crippen LogP contribution is -2.52. The van der Waals surface area contributed by atoms with Crippen LogP contribution in [-0.4, -0.2) is 44.0 Å². The van der Waals surface area contributed by atoms with Gasteiger partial charge in [-0.15, -0.1) is 24.8 Å². The number of hydrogen-bond acceptors (Lipinski definition) is 5. The Morgan fingerprint density at radius 2 is 1.78 bits per heavy atom. The third kappa shape index (κ3) is 8.47. The van der Waals surface area contributed by atoms with Crippen molar-refractivity contribution < 1.29 is 13.2 Å². The summed E-state index contributed by atoms with van der Waals surface area (Å²) in [6.45, 7) is 3.09. The lowest BCUT2D eigenvalue weighted by molar-refractivity contribution is 0.0816. The second kappa shape index (κ2) is 12.2. The van der Waals surface area contributed by atoms with Gasteiger partial charge in [0.05, 0.1) is 5.75 Å². The molecule has 0 atom stereocenters. The van der Waals surface area contributed by atoms with Crippen molar-refractivity contribution in [3.63, 3.8) is 0 Å². The van der Waals surface area contributed by atoms with E-state index in [1.54, 1.807) is 5.01 Å². The van der Waals surface area contributed by atoms with E-state index in [4.69, 9.17) is 5.41 Å². The number of guanidine groups is 1. The third-order valence-corrected chi connectivity index (χ3v) is 5.56. The highest BCUT2D eigenvalue weighted by molar-refractivity contribution is 7.90. The molecule has 0 unspecified atom stereocenters. The van der Waals surface area contributed by atoms with Crippen molar-refractivity contribution in [3.8, 4) is 0 Å². The third-order valence-electron chi connectivity index (χ3n) is 4.22. The predicted octanol–water partition coefficient (Wildman–Crippen LogP) is 2.58. The number of nitrogens with zero attached hydrogens (tertiary/aromatic N) is 1. The molecule has 27 heavy (non-hydrogen) atoms. The van der Waals surface area contributed by atoms with Crippen LogP contribution in [0.15, 0.2) is 30.3 Å². The van der Waals surface area contributed by atoms with Gasteiger partial charge in [-0.1, -0.05) is 43.7 Å². The number of carbonyl (C=O) groups excluding carboxylic acids is 1. The van der Waals surface area contributed by atoms with E-state index in [-0.39, 0.29) is 48.2 Å². The minimum absolute atomic E-state index is 0. The maximum atomic E-state index is 12.4. The van der Waals surface area contributed by atoms with Crippen molar-refractivity contribution in [1.82, 2.24) is 15.2 Å². The van der Waals surface area contributed by atoms with Gasteiger partial charge in [0.25, 0.3) is 0 Å². The highest BCUT2D eigenvalue weighted by atomic mass is 35.5. The standard InChI is InChI=1S/C17H26N4O3S.2ClH/c1-2-3-13-25(23,24)20-17(18)19-21-11-9-15(10-12-21)16(22)14-7-5-4-6-8-14;;/h4-8,15H,2-3,9-13H2,1H3,(H3,18,19,20);2*1H. The predicted molar refractivity (Wildman–Crippen MR) is 112 cm³/mol. The second-order valence-corrected chi connectivity index (χ2v) is 8.09. The SMILES string of the molecule is CCCCS(=O)(=O)NC(=N)NN1CCC(C(=O)c2ccccc2)CC1.Cl.Cl. The van der Waals surface area contributed by atoms with Crippen LogP contribution in [0.5, 0.6) is 0 Å². The van der Waals surface area contributed by atoms with E-state index in [9.17, 15) is 13.2 Å². The zero-order valence-electron chi connectivity index (χ0n) is 15.3. The van der Waals surface area contributed by atoms with Crippen LogP contribution in [0, 0.1) is 11.3 Å². The Balaban J connectivity index is 0.00000338. The summed E-state index contributed by atoms with van der Waals surface area (Å²) in [5.41, 5.74) is 3.49. The summed E-state index contributed by atoms with van der Waals surface area (Å²) in [4.78, 5) is 12.4.